The Kier molecular flexibility index (Phi) is 2.56. The first kappa shape index (κ1) is 12.2. The lowest BCUT2D eigenvalue weighted by atomic mass is 10.00. The van der Waals surface area contributed by atoms with Gasteiger partial charge in [-0.3, -0.25) is 4.79 Å². The fourth-order valence-corrected chi connectivity index (χ4v) is 3.88. The van der Waals surface area contributed by atoms with Gasteiger partial charge in [-0.2, -0.15) is 0 Å². The maximum Gasteiger partial charge on any atom is 0.257 e. The van der Waals surface area contributed by atoms with Crippen LogP contribution in [-0.4, -0.2) is 35.3 Å². The third-order valence-corrected chi connectivity index (χ3v) is 5.02. The molecule has 0 radical (unpaired) electrons. The second-order valence-electron chi connectivity index (χ2n) is 6.14. The van der Waals surface area contributed by atoms with Crippen molar-refractivity contribution in [1.29, 1.82) is 0 Å². The molecule has 20 heavy (non-hydrogen) atoms. The van der Waals surface area contributed by atoms with Crippen LogP contribution < -0.4 is 10.2 Å². The fraction of sp³-hybridized carbons (Fsp3) is 0.533. The molecule has 1 saturated heterocycles. The van der Waals surface area contributed by atoms with Gasteiger partial charge in [0.05, 0.1) is 6.10 Å². The highest BCUT2D eigenvalue weighted by Gasteiger charge is 2.42. The van der Waals surface area contributed by atoms with E-state index in [1.165, 1.54) is 0 Å². The van der Waals surface area contributed by atoms with Crippen LogP contribution in [0.2, 0.25) is 0 Å². The molecule has 3 aliphatic rings. The van der Waals surface area contributed by atoms with Gasteiger partial charge in [0.15, 0.2) is 6.10 Å². The van der Waals surface area contributed by atoms with Crippen LogP contribution in [0.4, 0.5) is 11.4 Å². The molecule has 4 unspecified atom stereocenters. The average Bonchev–Trinajstić information content (AvgIpc) is 3.07. The maximum atomic E-state index is 11.5. The van der Waals surface area contributed by atoms with E-state index in [4.69, 9.17) is 0 Å². The Morgan fingerprint density at radius 2 is 2.05 bits per heavy atom. The molecule has 0 spiro atoms. The first-order valence-electron chi connectivity index (χ1n) is 7.19. The van der Waals surface area contributed by atoms with E-state index in [9.17, 15) is 15.0 Å². The summed E-state index contributed by atoms with van der Waals surface area (Å²) in [6.07, 6.45) is 0.818. The minimum Gasteiger partial charge on any atom is -0.393 e. The minimum atomic E-state index is -1.04. The second kappa shape index (κ2) is 4.20. The number of hydrogen-bond donors (Lipinski definition) is 3. The Bertz CT molecular complexity index is 574. The summed E-state index contributed by atoms with van der Waals surface area (Å²) >= 11 is 0. The number of anilines is 2. The van der Waals surface area contributed by atoms with Crippen molar-refractivity contribution in [3.8, 4) is 0 Å². The number of benzene rings is 1. The van der Waals surface area contributed by atoms with Gasteiger partial charge in [-0.15, -0.1) is 0 Å². The number of aliphatic hydroxyl groups excluding tert-OH is 2. The zero-order valence-corrected chi connectivity index (χ0v) is 11.1. The zero-order chi connectivity index (χ0) is 13.9. The number of rotatable bonds is 1. The molecule has 4 rings (SSSR count). The molecule has 0 aromatic heterocycles. The van der Waals surface area contributed by atoms with Gasteiger partial charge in [0.2, 0.25) is 0 Å². The largest absolute Gasteiger partial charge is 0.393 e. The van der Waals surface area contributed by atoms with Crippen molar-refractivity contribution in [1.82, 2.24) is 0 Å². The molecule has 5 heteroatoms. The summed E-state index contributed by atoms with van der Waals surface area (Å²) in [5.74, 6) is 0.604. The highest BCUT2D eigenvalue weighted by atomic mass is 16.3. The molecule has 5 nitrogen and oxygen atoms in total. The zero-order valence-electron chi connectivity index (χ0n) is 11.1. The lowest BCUT2D eigenvalue weighted by Crippen LogP contribution is -2.24. The van der Waals surface area contributed by atoms with E-state index in [-0.39, 0.29) is 12.0 Å². The van der Waals surface area contributed by atoms with Gasteiger partial charge in [-0.1, -0.05) is 6.07 Å². The van der Waals surface area contributed by atoms with Gasteiger partial charge >= 0.3 is 0 Å². The van der Waals surface area contributed by atoms with Crippen LogP contribution in [0.3, 0.4) is 0 Å². The van der Waals surface area contributed by atoms with Crippen LogP contribution in [0.25, 0.3) is 0 Å². The predicted octanol–water partition coefficient (Wildman–Crippen LogP) is 0.879. The van der Waals surface area contributed by atoms with Crippen LogP contribution in [0.15, 0.2) is 18.2 Å². The topological polar surface area (TPSA) is 72.8 Å². The summed E-state index contributed by atoms with van der Waals surface area (Å²) in [5, 5.41) is 22.4. The van der Waals surface area contributed by atoms with E-state index in [2.05, 4.69) is 10.2 Å². The summed E-state index contributed by atoms with van der Waals surface area (Å²) in [6, 6.07) is 5.70. The van der Waals surface area contributed by atoms with Crippen molar-refractivity contribution in [2.75, 3.05) is 23.3 Å². The van der Waals surface area contributed by atoms with Gasteiger partial charge in [-0.25, -0.2) is 0 Å². The molecule has 1 aliphatic carbocycles. The number of fused-ring (bicyclic) bond motifs is 2. The van der Waals surface area contributed by atoms with Crippen molar-refractivity contribution >= 4 is 17.3 Å². The third-order valence-electron chi connectivity index (χ3n) is 5.02. The highest BCUT2D eigenvalue weighted by molar-refractivity contribution is 6.02. The van der Waals surface area contributed by atoms with Gasteiger partial charge in [0.25, 0.3) is 5.91 Å². The lowest BCUT2D eigenvalue weighted by Gasteiger charge is -2.21. The molecule has 3 N–H and O–H groups in total. The van der Waals surface area contributed by atoms with Crippen molar-refractivity contribution in [2.45, 2.75) is 25.0 Å². The smallest absolute Gasteiger partial charge is 0.257 e. The fourth-order valence-electron chi connectivity index (χ4n) is 3.88. The van der Waals surface area contributed by atoms with Crippen LogP contribution in [0.1, 0.15) is 24.5 Å². The van der Waals surface area contributed by atoms with Gasteiger partial charge in [0, 0.05) is 35.9 Å². The van der Waals surface area contributed by atoms with Crippen LogP contribution in [0.5, 0.6) is 0 Å². The first-order valence-corrected chi connectivity index (χ1v) is 7.19. The Morgan fingerprint density at radius 1 is 1.20 bits per heavy atom. The Morgan fingerprint density at radius 3 is 2.85 bits per heavy atom. The lowest BCUT2D eigenvalue weighted by molar-refractivity contribution is -0.123. The van der Waals surface area contributed by atoms with E-state index in [1.54, 1.807) is 0 Å². The molecule has 1 saturated carbocycles. The van der Waals surface area contributed by atoms with Crippen molar-refractivity contribution < 1.29 is 15.0 Å². The summed E-state index contributed by atoms with van der Waals surface area (Å²) in [5.41, 5.74) is 2.41. The van der Waals surface area contributed by atoms with Crippen LogP contribution >= 0.6 is 0 Å². The molecule has 1 aromatic rings. The van der Waals surface area contributed by atoms with E-state index in [1.807, 2.05) is 18.2 Å². The van der Waals surface area contributed by atoms with Crippen molar-refractivity contribution in [3.63, 3.8) is 0 Å². The SMILES string of the molecule is O=C1Nc2cc(N3CC4CCC(O)C4C3)ccc2C1O. The molecule has 106 valence electrons. The quantitative estimate of drug-likeness (QED) is 0.711. The summed E-state index contributed by atoms with van der Waals surface area (Å²) < 4.78 is 0. The monoisotopic (exact) mass is 274 g/mol. The highest BCUT2D eigenvalue weighted by Crippen LogP contribution is 2.41. The van der Waals surface area contributed by atoms with Crippen LogP contribution in [0, 0.1) is 11.8 Å². The number of carbonyl (C=O) groups is 1. The van der Waals surface area contributed by atoms with Crippen LogP contribution in [-0.2, 0) is 4.79 Å². The second-order valence-corrected chi connectivity index (χ2v) is 6.14. The average molecular weight is 274 g/mol. The molecule has 0 bridgehead atoms. The van der Waals surface area contributed by atoms with E-state index in [0.717, 1.165) is 31.6 Å². The molecule has 1 aromatic carbocycles. The summed E-state index contributed by atoms with van der Waals surface area (Å²) in [6.45, 7) is 1.85. The number of amides is 1. The molecule has 2 aliphatic heterocycles. The normalized spacial score (nSPS) is 35.1. The molecular formula is C15H18N2O3. The summed E-state index contributed by atoms with van der Waals surface area (Å²) in [4.78, 5) is 13.7. The van der Waals surface area contributed by atoms with Gasteiger partial charge in [-0.05, 0) is 30.9 Å². The Hall–Kier alpha value is -1.59. The Labute approximate surface area is 117 Å². The minimum absolute atomic E-state index is 0.166. The molecular weight excluding hydrogens is 256 g/mol. The number of carbonyl (C=O) groups excluding carboxylic acids is 1. The molecule has 2 heterocycles. The molecule has 2 fully saturated rings. The third kappa shape index (κ3) is 1.66. The van der Waals surface area contributed by atoms with Crippen molar-refractivity contribution in [3.05, 3.63) is 23.8 Å². The number of aliphatic hydroxyl groups is 2. The summed E-state index contributed by atoms with van der Waals surface area (Å²) in [7, 11) is 0. The standard InChI is InChI=1S/C15H18N2O3/c18-13-4-1-8-6-17(7-11(8)13)9-2-3-10-12(5-9)16-15(20)14(10)19/h2-3,5,8,11,13-14,18-19H,1,4,6-7H2,(H,16,20). The number of nitrogens with one attached hydrogen (secondary N) is 1. The van der Waals surface area contributed by atoms with Gasteiger partial charge in [0.1, 0.15) is 0 Å². The first-order chi connectivity index (χ1) is 9.63. The number of hydrogen-bond acceptors (Lipinski definition) is 4. The number of nitrogens with zero attached hydrogens (tertiary/aromatic N) is 1. The molecule has 4 atom stereocenters. The van der Waals surface area contributed by atoms with Crippen molar-refractivity contribution in [2.24, 2.45) is 11.8 Å². The predicted molar refractivity (Wildman–Crippen MR) is 74.5 cm³/mol. The maximum absolute atomic E-state index is 11.5. The van der Waals surface area contributed by atoms with Gasteiger partial charge < -0.3 is 20.4 Å². The molecule has 1 amide bonds. The van der Waals surface area contributed by atoms with E-state index in [0.29, 0.717) is 23.1 Å². The Balaban J connectivity index is 1.59. The van der Waals surface area contributed by atoms with E-state index < -0.39 is 6.10 Å². The van der Waals surface area contributed by atoms with E-state index >= 15 is 0 Å².